The number of hydrogen-bond donors (Lipinski definition) is 0. The van der Waals surface area contributed by atoms with Crippen LogP contribution in [0.5, 0.6) is 0 Å². The van der Waals surface area contributed by atoms with E-state index in [1.54, 1.807) is 0 Å². The van der Waals surface area contributed by atoms with E-state index >= 15 is 0 Å². The Balaban J connectivity index is 1.21. The minimum atomic E-state index is 0.577. The largest absolute Gasteiger partial charge is 0.456 e. The number of para-hydroxylation sites is 2. The summed E-state index contributed by atoms with van der Waals surface area (Å²) in [7, 11) is 0. The molecule has 0 aliphatic rings. The second-order valence-electron chi connectivity index (χ2n) is 14.0. The molecule has 5 nitrogen and oxygen atoms in total. The first-order valence-corrected chi connectivity index (χ1v) is 18.8. The van der Waals surface area contributed by atoms with Gasteiger partial charge in [0.25, 0.3) is 0 Å². The molecule has 3 heterocycles. The Morgan fingerprint density at radius 1 is 0.357 bits per heavy atom. The maximum Gasteiger partial charge on any atom is 0.164 e. The molecule has 5 heteroatoms. The van der Waals surface area contributed by atoms with Crippen LogP contribution < -0.4 is 0 Å². The molecule has 0 radical (unpaired) electrons. The molecule has 0 atom stereocenters. The SMILES string of the molecule is c1ccc(-c2cc(-c3ccccc3)cc(-c3nc(-c4ccccc4)nc(-c4cccc5oc6ccc7c8ccccc8n(-c8ccccc8)c7c6c45)n3)c2)cc1. The third-order valence-corrected chi connectivity index (χ3v) is 10.6. The van der Waals surface area contributed by atoms with Gasteiger partial charge in [-0.15, -0.1) is 0 Å². The summed E-state index contributed by atoms with van der Waals surface area (Å²) in [6.45, 7) is 0. The average Bonchev–Trinajstić information content (AvgIpc) is 3.83. The molecule has 8 aromatic carbocycles. The lowest BCUT2D eigenvalue weighted by atomic mass is 9.96. The lowest BCUT2D eigenvalue weighted by Gasteiger charge is -2.13. The molecule has 0 N–H and O–H groups in total. The fraction of sp³-hybridized carbons (Fsp3) is 0. The summed E-state index contributed by atoms with van der Waals surface area (Å²) >= 11 is 0. The van der Waals surface area contributed by atoms with Gasteiger partial charge in [0.1, 0.15) is 11.2 Å². The van der Waals surface area contributed by atoms with Crippen LogP contribution in [0.4, 0.5) is 0 Å². The van der Waals surface area contributed by atoms with E-state index in [9.17, 15) is 0 Å². The zero-order chi connectivity index (χ0) is 37.0. The first kappa shape index (κ1) is 31.9. The zero-order valence-corrected chi connectivity index (χ0v) is 30.2. The summed E-state index contributed by atoms with van der Waals surface area (Å²) in [6.07, 6.45) is 0. The van der Waals surface area contributed by atoms with E-state index in [1.165, 1.54) is 5.39 Å². The maximum absolute atomic E-state index is 6.68. The van der Waals surface area contributed by atoms with Crippen molar-refractivity contribution in [1.82, 2.24) is 19.5 Å². The molecule has 0 saturated carbocycles. The van der Waals surface area contributed by atoms with E-state index < -0.39 is 0 Å². The number of benzene rings is 8. The van der Waals surface area contributed by atoms with Crippen molar-refractivity contribution in [2.24, 2.45) is 0 Å². The Bertz CT molecular complexity index is 3170. The Morgan fingerprint density at radius 2 is 0.893 bits per heavy atom. The number of rotatable bonds is 6. The molecule has 11 aromatic rings. The van der Waals surface area contributed by atoms with Crippen LogP contribution in [0.3, 0.4) is 0 Å². The summed E-state index contributed by atoms with van der Waals surface area (Å²) in [5, 5.41) is 4.32. The molecule has 56 heavy (non-hydrogen) atoms. The van der Waals surface area contributed by atoms with Crippen molar-refractivity contribution in [3.05, 3.63) is 194 Å². The van der Waals surface area contributed by atoms with Gasteiger partial charge in [-0.05, 0) is 76.9 Å². The number of nitrogens with zero attached hydrogens (tertiary/aromatic N) is 4. The fourth-order valence-electron chi connectivity index (χ4n) is 8.08. The van der Waals surface area contributed by atoms with Gasteiger partial charge in [0.05, 0.1) is 16.4 Å². The summed E-state index contributed by atoms with van der Waals surface area (Å²) in [6, 6.07) is 67.3. The molecule has 0 amide bonds. The van der Waals surface area contributed by atoms with E-state index in [0.717, 1.165) is 83.0 Å². The Morgan fingerprint density at radius 3 is 1.57 bits per heavy atom. The Kier molecular flexibility index (Phi) is 7.42. The van der Waals surface area contributed by atoms with Gasteiger partial charge < -0.3 is 8.98 Å². The summed E-state index contributed by atoms with van der Waals surface area (Å²) in [4.78, 5) is 15.7. The predicted octanol–water partition coefficient (Wildman–Crippen LogP) is 13.2. The van der Waals surface area contributed by atoms with Gasteiger partial charge in [-0.2, -0.15) is 0 Å². The molecule has 0 spiro atoms. The number of aromatic nitrogens is 4. The number of furan rings is 1. The van der Waals surface area contributed by atoms with Crippen molar-refractivity contribution in [2.75, 3.05) is 0 Å². The van der Waals surface area contributed by atoms with E-state index in [4.69, 9.17) is 19.4 Å². The minimum Gasteiger partial charge on any atom is -0.456 e. The molecular weight excluding hydrogens is 685 g/mol. The highest BCUT2D eigenvalue weighted by atomic mass is 16.3. The van der Waals surface area contributed by atoms with Gasteiger partial charge in [0, 0.05) is 38.5 Å². The van der Waals surface area contributed by atoms with Crippen LogP contribution in [0.15, 0.2) is 199 Å². The summed E-state index contributed by atoms with van der Waals surface area (Å²) < 4.78 is 9.04. The van der Waals surface area contributed by atoms with Crippen molar-refractivity contribution in [1.29, 1.82) is 0 Å². The van der Waals surface area contributed by atoms with Gasteiger partial charge in [0.2, 0.25) is 0 Å². The van der Waals surface area contributed by atoms with E-state index in [2.05, 4.69) is 144 Å². The highest BCUT2D eigenvalue weighted by Crippen LogP contribution is 2.44. The number of hydrogen-bond acceptors (Lipinski definition) is 4. The smallest absolute Gasteiger partial charge is 0.164 e. The molecule has 0 saturated heterocycles. The van der Waals surface area contributed by atoms with Crippen LogP contribution in [-0.2, 0) is 0 Å². The average molecular weight is 717 g/mol. The van der Waals surface area contributed by atoms with E-state index in [-0.39, 0.29) is 0 Å². The Labute approximate surface area is 322 Å². The van der Waals surface area contributed by atoms with Crippen molar-refractivity contribution < 1.29 is 4.42 Å². The second-order valence-corrected chi connectivity index (χ2v) is 14.0. The number of fused-ring (bicyclic) bond motifs is 7. The predicted molar refractivity (Wildman–Crippen MR) is 229 cm³/mol. The van der Waals surface area contributed by atoms with Gasteiger partial charge in [-0.25, -0.2) is 15.0 Å². The molecule has 3 aromatic heterocycles. The van der Waals surface area contributed by atoms with Crippen LogP contribution in [0.25, 0.3) is 106 Å². The third-order valence-electron chi connectivity index (χ3n) is 10.6. The third kappa shape index (κ3) is 5.29. The molecule has 262 valence electrons. The first-order valence-electron chi connectivity index (χ1n) is 18.8. The molecule has 0 aliphatic heterocycles. The van der Waals surface area contributed by atoms with Crippen molar-refractivity contribution in [2.45, 2.75) is 0 Å². The van der Waals surface area contributed by atoms with Crippen molar-refractivity contribution in [3.8, 4) is 62.1 Å². The van der Waals surface area contributed by atoms with E-state index in [0.29, 0.717) is 17.5 Å². The van der Waals surface area contributed by atoms with Gasteiger partial charge in [-0.1, -0.05) is 140 Å². The minimum absolute atomic E-state index is 0.577. The molecule has 0 fully saturated rings. The fourth-order valence-corrected chi connectivity index (χ4v) is 8.08. The second kappa shape index (κ2) is 13.0. The highest BCUT2D eigenvalue weighted by molar-refractivity contribution is 6.26. The first-order chi connectivity index (χ1) is 27.8. The van der Waals surface area contributed by atoms with Crippen LogP contribution in [0, 0.1) is 0 Å². The Hall–Kier alpha value is -7.63. The van der Waals surface area contributed by atoms with Gasteiger partial charge in [0.15, 0.2) is 17.5 Å². The lowest BCUT2D eigenvalue weighted by molar-refractivity contribution is 0.669. The molecule has 11 rings (SSSR count). The topological polar surface area (TPSA) is 56.7 Å². The maximum atomic E-state index is 6.68. The van der Waals surface area contributed by atoms with Crippen molar-refractivity contribution in [3.63, 3.8) is 0 Å². The van der Waals surface area contributed by atoms with Gasteiger partial charge >= 0.3 is 0 Å². The molecule has 0 bridgehead atoms. The molecular formula is C51H32N4O. The van der Waals surface area contributed by atoms with Crippen molar-refractivity contribution >= 4 is 43.7 Å². The molecule has 0 aliphatic carbocycles. The zero-order valence-electron chi connectivity index (χ0n) is 30.2. The monoisotopic (exact) mass is 716 g/mol. The van der Waals surface area contributed by atoms with Crippen LogP contribution in [0.2, 0.25) is 0 Å². The van der Waals surface area contributed by atoms with Crippen LogP contribution in [-0.4, -0.2) is 19.5 Å². The van der Waals surface area contributed by atoms with Crippen LogP contribution in [0.1, 0.15) is 0 Å². The lowest BCUT2D eigenvalue weighted by Crippen LogP contribution is -2.01. The summed E-state index contributed by atoms with van der Waals surface area (Å²) in [5.74, 6) is 1.77. The normalized spacial score (nSPS) is 11.6. The molecule has 0 unspecified atom stereocenters. The highest BCUT2D eigenvalue weighted by Gasteiger charge is 2.23. The summed E-state index contributed by atoms with van der Waals surface area (Å²) in [5.41, 5.74) is 12.0. The standard InChI is InChI=1S/C51H32N4O/c1-5-16-33(17-6-1)36-30-37(34-18-7-2-8-19-34)32-38(31-36)50-52-49(35-20-9-3-10-21-35)53-51(54-50)42-25-15-27-44-46(42)47-45(56-44)29-28-41-40-24-13-14-26-43(40)55(48(41)47)39-22-11-4-12-23-39/h1-32H. The van der Waals surface area contributed by atoms with Crippen LogP contribution >= 0.6 is 0 Å². The van der Waals surface area contributed by atoms with E-state index in [1.807, 2.05) is 54.6 Å². The van der Waals surface area contributed by atoms with Gasteiger partial charge in [-0.3, -0.25) is 0 Å². The quantitative estimate of drug-likeness (QED) is 0.172.